The Hall–Kier alpha value is 0.460. The molecular weight excluding hydrogens is 295 g/mol. The monoisotopic (exact) mass is 298 g/mol. The Labute approximate surface area is 85.8 Å². The third kappa shape index (κ3) is 2.20. The van der Waals surface area contributed by atoms with Crippen molar-refractivity contribution in [3.8, 4) is 0 Å². The van der Waals surface area contributed by atoms with Crippen molar-refractivity contribution in [1.82, 2.24) is 0 Å². The van der Waals surface area contributed by atoms with Gasteiger partial charge in [0.2, 0.25) is 0 Å². The number of thioether (sulfide) groups is 1. The van der Waals surface area contributed by atoms with Crippen LogP contribution in [0.1, 0.15) is 0 Å². The van der Waals surface area contributed by atoms with E-state index in [2.05, 4.69) is 31.9 Å². The number of benzene rings is 1. The van der Waals surface area contributed by atoms with Gasteiger partial charge in [0.1, 0.15) is 5.82 Å². The fourth-order valence-electron chi connectivity index (χ4n) is 0.681. The lowest BCUT2D eigenvalue weighted by Gasteiger charge is -2.01. The average Bonchev–Trinajstić information content (AvgIpc) is 1.96. The van der Waals surface area contributed by atoms with Crippen molar-refractivity contribution in [1.29, 1.82) is 0 Å². The molecule has 0 aromatic heterocycles. The Morgan fingerprint density at radius 1 is 1.36 bits per heavy atom. The van der Waals surface area contributed by atoms with E-state index in [4.69, 9.17) is 0 Å². The summed E-state index contributed by atoms with van der Waals surface area (Å²) in [5.74, 6) is -0.233. The van der Waals surface area contributed by atoms with Crippen molar-refractivity contribution in [3.63, 3.8) is 0 Å². The van der Waals surface area contributed by atoms with E-state index >= 15 is 0 Å². The number of hydrogen-bond donors (Lipinski definition) is 0. The summed E-state index contributed by atoms with van der Waals surface area (Å²) >= 11 is 7.88. The standard InChI is InChI=1S/C7H5Br2FS/c1-11-6-3-4(8)2-5(10)7(6)9/h2-3H,1H3. The zero-order chi connectivity index (χ0) is 8.43. The number of hydrogen-bond acceptors (Lipinski definition) is 1. The van der Waals surface area contributed by atoms with Gasteiger partial charge in [-0.1, -0.05) is 15.9 Å². The summed E-state index contributed by atoms with van der Waals surface area (Å²) in [6.07, 6.45) is 1.91. The average molecular weight is 300 g/mol. The summed E-state index contributed by atoms with van der Waals surface area (Å²) in [7, 11) is 0. The summed E-state index contributed by atoms with van der Waals surface area (Å²) in [6.45, 7) is 0. The highest BCUT2D eigenvalue weighted by atomic mass is 79.9. The van der Waals surface area contributed by atoms with Crippen molar-refractivity contribution in [2.45, 2.75) is 4.90 Å². The van der Waals surface area contributed by atoms with Gasteiger partial charge in [0, 0.05) is 9.37 Å². The predicted molar refractivity (Wildman–Crippen MR) is 53.6 cm³/mol. The van der Waals surface area contributed by atoms with Crippen LogP contribution in [0.2, 0.25) is 0 Å². The van der Waals surface area contributed by atoms with E-state index in [0.29, 0.717) is 4.47 Å². The van der Waals surface area contributed by atoms with Crippen LogP contribution in [0, 0.1) is 5.82 Å². The molecule has 11 heavy (non-hydrogen) atoms. The van der Waals surface area contributed by atoms with Crippen LogP contribution in [0.25, 0.3) is 0 Å². The maximum Gasteiger partial charge on any atom is 0.139 e. The van der Waals surface area contributed by atoms with Gasteiger partial charge in [0.25, 0.3) is 0 Å². The molecule has 0 bridgehead atoms. The molecule has 1 rings (SSSR count). The maximum absolute atomic E-state index is 12.9. The first kappa shape index (κ1) is 9.55. The van der Waals surface area contributed by atoms with Crippen LogP contribution in [0.15, 0.2) is 26.0 Å². The van der Waals surface area contributed by atoms with Gasteiger partial charge in [-0.3, -0.25) is 0 Å². The Bertz CT molecular complexity index is 275. The van der Waals surface area contributed by atoms with Crippen molar-refractivity contribution in [3.05, 3.63) is 26.9 Å². The van der Waals surface area contributed by atoms with Gasteiger partial charge >= 0.3 is 0 Å². The van der Waals surface area contributed by atoms with Crippen molar-refractivity contribution < 1.29 is 4.39 Å². The molecule has 60 valence electrons. The Kier molecular flexibility index (Phi) is 3.40. The smallest absolute Gasteiger partial charge is 0.139 e. The van der Waals surface area contributed by atoms with Crippen LogP contribution >= 0.6 is 43.6 Å². The highest BCUT2D eigenvalue weighted by Crippen LogP contribution is 2.31. The van der Waals surface area contributed by atoms with E-state index < -0.39 is 0 Å². The topological polar surface area (TPSA) is 0 Å². The second kappa shape index (κ2) is 3.92. The van der Waals surface area contributed by atoms with E-state index in [0.717, 1.165) is 9.37 Å². The molecule has 0 aliphatic heterocycles. The molecule has 1 aromatic rings. The molecule has 0 unspecified atom stereocenters. The molecule has 0 fully saturated rings. The van der Waals surface area contributed by atoms with E-state index in [1.165, 1.54) is 17.8 Å². The van der Waals surface area contributed by atoms with Crippen LogP contribution in [-0.2, 0) is 0 Å². The van der Waals surface area contributed by atoms with Crippen LogP contribution < -0.4 is 0 Å². The number of halogens is 3. The Balaban J connectivity index is 3.24. The second-order valence-electron chi connectivity index (χ2n) is 1.90. The van der Waals surface area contributed by atoms with Gasteiger partial charge < -0.3 is 0 Å². The largest absolute Gasteiger partial charge is 0.206 e. The zero-order valence-corrected chi connectivity index (χ0v) is 9.69. The van der Waals surface area contributed by atoms with Crippen molar-refractivity contribution in [2.24, 2.45) is 0 Å². The quantitative estimate of drug-likeness (QED) is 0.556. The lowest BCUT2D eigenvalue weighted by Crippen LogP contribution is -1.81. The first-order valence-electron chi connectivity index (χ1n) is 2.83. The summed E-state index contributed by atoms with van der Waals surface area (Å²) < 4.78 is 14.2. The fourth-order valence-corrected chi connectivity index (χ4v) is 2.50. The fraction of sp³-hybridized carbons (Fsp3) is 0.143. The molecule has 0 spiro atoms. The minimum atomic E-state index is -0.233. The third-order valence-electron chi connectivity index (χ3n) is 1.18. The Morgan fingerprint density at radius 3 is 2.55 bits per heavy atom. The van der Waals surface area contributed by atoms with Crippen LogP contribution in [0.4, 0.5) is 4.39 Å². The summed E-state index contributed by atoms with van der Waals surface area (Å²) in [4.78, 5) is 0.900. The molecule has 0 atom stereocenters. The normalized spacial score (nSPS) is 10.2. The van der Waals surface area contributed by atoms with Gasteiger partial charge in [-0.15, -0.1) is 11.8 Å². The van der Waals surface area contributed by atoms with Gasteiger partial charge in [-0.2, -0.15) is 0 Å². The van der Waals surface area contributed by atoms with E-state index in [9.17, 15) is 4.39 Å². The number of rotatable bonds is 1. The summed E-state index contributed by atoms with van der Waals surface area (Å²) in [6, 6.07) is 3.31. The Morgan fingerprint density at radius 2 is 2.00 bits per heavy atom. The van der Waals surface area contributed by atoms with E-state index in [1.807, 2.05) is 12.3 Å². The highest BCUT2D eigenvalue weighted by molar-refractivity contribution is 9.11. The lowest BCUT2D eigenvalue weighted by atomic mass is 10.3. The second-order valence-corrected chi connectivity index (χ2v) is 4.46. The van der Waals surface area contributed by atoms with Gasteiger partial charge in [-0.25, -0.2) is 4.39 Å². The molecule has 0 amide bonds. The van der Waals surface area contributed by atoms with Gasteiger partial charge in [0.15, 0.2) is 0 Å². The summed E-state index contributed by atoms with van der Waals surface area (Å²) in [5, 5.41) is 0. The van der Waals surface area contributed by atoms with Gasteiger partial charge in [0.05, 0.1) is 4.47 Å². The zero-order valence-electron chi connectivity index (χ0n) is 5.70. The van der Waals surface area contributed by atoms with E-state index in [-0.39, 0.29) is 5.82 Å². The highest BCUT2D eigenvalue weighted by Gasteiger charge is 2.05. The van der Waals surface area contributed by atoms with Gasteiger partial charge in [-0.05, 0) is 34.3 Å². The molecule has 0 aliphatic rings. The van der Waals surface area contributed by atoms with Crippen LogP contribution in [0.3, 0.4) is 0 Å². The minimum Gasteiger partial charge on any atom is -0.206 e. The molecule has 4 heteroatoms. The molecule has 0 nitrogen and oxygen atoms in total. The predicted octanol–water partition coefficient (Wildman–Crippen LogP) is 4.07. The maximum atomic E-state index is 12.9. The molecule has 0 saturated carbocycles. The first-order chi connectivity index (χ1) is 5.15. The molecule has 0 saturated heterocycles. The lowest BCUT2D eigenvalue weighted by molar-refractivity contribution is 0.615. The minimum absolute atomic E-state index is 0.233. The molecule has 0 heterocycles. The first-order valence-corrected chi connectivity index (χ1v) is 5.64. The summed E-state index contributed by atoms with van der Waals surface area (Å²) in [5.41, 5.74) is 0. The molecular formula is C7H5Br2FS. The molecule has 0 N–H and O–H groups in total. The van der Waals surface area contributed by atoms with Crippen LogP contribution in [0.5, 0.6) is 0 Å². The van der Waals surface area contributed by atoms with E-state index in [1.54, 1.807) is 0 Å². The SMILES string of the molecule is CSc1cc(Br)cc(F)c1Br. The van der Waals surface area contributed by atoms with Crippen molar-refractivity contribution >= 4 is 43.6 Å². The van der Waals surface area contributed by atoms with Crippen molar-refractivity contribution in [2.75, 3.05) is 6.26 Å². The van der Waals surface area contributed by atoms with Crippen LogP contribution in [-0.4, -0.2) is 6.26 Å². The molecule has 1 aromatic carbocycles. The molecule has 0 aliphatic carbocycles. The third-order valence-corrected chi connectivity index (χ3v) is 3.47. The molecule has 0 radical (unpaired) electrons.